The Kier molecular flexibility index (Phi) is 6.12. The molecule has 0 unspecified atom stereocenters. The highest BCUT2D eigenvalue weighted by Gasteiger charge is 2.09. The molecular weight excluding hydrogens is 264 g/mol. The number of hydrogen-bond donors (Lipinski definition) is 1. The second kappa shape index (κ2) is 7.36. The van der Waals surface area contributed by atoms with Gasteiger partial charge in [-0.05, 0) is 31.5 Å². The van der Waals surface area contributed by atoms with Crippen molar-refractivity contribution in [1.29, 1.82) is 0 Å². The highest BCUT2D eigenvalue weighted by atomic mass is 35.5. The maximum atomic E-state index is 11.4. The Morgan fingerprint density at radius 1 is 1.47 bits per heavy atom. The van der Waals surface area contributed by atoms with Crippen molar-refractivity contribution in [3.8, 4) is 5.75 Å². The number of rotatable bonds is 6. The number of amides is 1. The van der Waals surface area contributed by atoms with E-state index >= 15 is 0 Å². The highest BCUT2D eigenvalue weighted by molar-refractivity contribution is 6.30. The predicted octanol–water partition coefficient (Wildman–Crippen LogP) is 2.61. The van der Waals surface area contributed by atoms with Gasteiger partial charge >= 0.3 is 0 Å². The average molecular weight is 285 g/mol. The maximum absolute atomic E-state index is 11.4. The zero-order valence-electron chi connectivity index (χ0n) is 11.6. The van der Waals surface area contributed by atoms with E-state index < -0.39 is 0 Å². The topological polar surface area (TPSA) is 55.6 Å². The first kappa shape index (κ1) is 15.8. The molecule has 106 valence electrons. The number of halogens is 1. The summed E-state index contributed by atoms with van der Waals surface area (Å²) < 4.78 is 5.67. The Labute approximate surface area is 119 Å². The largest absolute Gasteiger partial charge is 0.493 e. The molecule has 1 amide bonds. The fourth-order valence-electron chi connectivity index (χ4n) is 1.64. The molecule has 0 heterocycles. The van der Waals surface area contributed by atoms with Gasteiger partial charge in [0.25, 0.3) is 0 Å². The molecule has 0 spiro atoms. The summed E-state index contributed by atoms with van der Waals surface area (Å²) >= 11 is 5.94. The minimum Gasteiger partial charge on any atom is -0.493 e. The molecular formula is C14H21ClN2O2. The number of ether oxygens (including phenoxy) is 1. The Morgan fingerprint density at radius 2 is 2.16 bits per heavy atom. The number of carbonyl (C=O) groups is 1. The van der Waals surface area contributed by atoms with E-state index in [1.807, 2.05) is 19.1 Å². The molecule has 0 radical (unpaired) electrons. The molecule has 0 aromatic heterocycles. The van der Waals surface area contributed by atoms with Gasteiger partial charge in [0.1, 0.15) is 5.75 Å². The van der Waals surface area contributed by atoms with Crippen molar-refractivity contribution in [2.45, 2.75) is 25.8 Å². The number of nitrogens with two attached hydrogens (primary N) is 1. The Hall–Kier alpha value is -1.26. The van der Waals surface area contributed by atoms with Gasteiger partial charge in [-0.1, -0.05) is 11.6 Å². The molecule has 1 atom stereocenters. The minimum atomic E-state index is -0.142. The van der Waals surface area contributed by atoms with Crippen molar-refractivity contribution < 1.29 is 9.53 Å². The summed E-state index contributed by atoms with van der Waals surface area (Å²) in [6, 6.07) is 5.26. The second-order valence-electron chi connectivity index (χ2n) is 4.71. The van der Waals surface area contributed by atoms with Crippen molar-refractivity contribution in [2.24, 2.45) is 5.73 Å². The van der Waals surface area contributed by atoms with Crippen molar-refractivity contribution >= 4 is 17.5 Å². The van der Waals surface area contributed by atoms with Gasteiger partial charge in [0, 0.05) is 37.1 Å². The van der Waals surface area contributed by atoms with Crippen molar-refractivity contribution in [1.82, 2.24) is 4.90 Å². The summed E-state index contributed by atoms with van der Waals surface area (Å²) in [6.07, 6.45) is 1.16. The average Bonchev–Trinajstić information content (AvgIpc) is 2.35. The molecule has 4 nitrogen and oxygen atoms in total. The standard InChI is InChI=1S/C14H21ClN2O2/c1-10(16)12-9-11(15)6-7-13(12)19-8-4-5-14(18)17(2)3/h6-7,9-10H,4-5,8,16H2,1-3H3/t10-/m0/s1. The molecule has 0 aliphatic rings. The number of nitrogens with zero attached hydrogens (tertiary/aromatic N) is 1. The van der Waals surface area contributed by atoms with Gasteiger partial charge < -0.3 is 15.4 Å². The first-order valence-electron chi connectivity index (χ1n) is 6.29. The van der Waals surface area contributed by atoms with Crippen LogP contribution in [0.3, 0.4) is 0 Å². The highest BCUT2D eigenvalue weighted by Crippen LogP contribution is 2.27. The van der Waals surface area contributed by atoms with Gasteiger partial charge in [0.05, 0.1) is 6.61 Å². The normalized spacial score (nSPS) is 12.1. The molecule has 1 aromatic rings. The van der Waals surface area contributed by atoms with Crippen LogP contribution >= 0.6 is 11.6 Å². The third kappa shape index (κ3) is 5.09. The lowest BCUT2D eigenvalue weighted by Crippen LogP contribution is -2.21. The van der Waals surface area contributed by atoms with Crippen LogP contribution in [0, 0.1) is 0 Å². The summed E-state index contributed by atoms with van der Waals surface area (Å²) in [5, 5.41) is 0.641. The molecule has 19 heavy (non-hydrogen) atoms. The van der Waals surface area contributed by atoms with Gasteiger partial charge in [-0.2, -0.15) is 0 Å². The predicted molar refractivity (Wildman–Crippen MR) is 77.5 cm³/mol. The van der Waals surface area contributed by atoms with Crippen LogP contribution in [0.5, 0.6) is 5.75 Å². The lowest BCUT2D eigenvalue weighted by atomic mass is 10.1. The van der Waals surface area contributed by atoms with Crippen LogP contribution in [-0.2, 0) is 4.79 Å². The molecule has 0 bridgehead atoms. The van der Waals surface area contributed by atoms with Crippen molar-refractivity contribution in [3.63, 3.8) is 0 Å². The monoisotopic (exact) mass is 284 g/mol. The van der Waals surface area contributed by atoms with Gasteiger partial charge in [0.2, 0.25) is 5.91 Å². The van der Waals surface area contributed by atoms with Gasteiger partial charge in [-0.15, -0.1) is 0 Å². The lowest BCUT2D eigenvalue weighted by Gasteiger charge is -2.15. The van der Waals surface area contributed by atoms with E-state index in [1.165, 1.54) is 0 Å². The van der Waals surface area contributed by atoms with Crippen LogP contribution in [0.2, 0.25) is 5.02 Å². The molecule has 0 aliphatic carbocycles. The van der Waals surface area contributed by atoms with Gasteiger partial charge in [-0.25, -0.2) is 0 Å². The van der Waals surface area contributed by atoms with E-state index in [9.17, 15) is 4.79 Å². The van der Waals surface area contributed by atoms with Crippen LogP contribution < -0.4 is 10.5 Å². The molecule has 0 fully saturated rings. The molecule has 2 N–H and O–H groups in total. The van der Waals surface area contributed by atoms with Crippen LogP contribution in [0.1, 0.15) is 31.4 Å². The summed E-state index contributed by atoms with van der Waals surface area (Å²) in [4.78, 5) is 13.0. The Balaban J connectivity index is 2.52. The second-order valence-corrected chi connectivity index (χ2v) is 5.15. The molecule has 1 rings (SSSR count). The molecule has 0 saturated carbocycles. The third-order valence-electron chi connectivity index (χ3n) is 2.75. The van der Waals surface area contributed by atoms with E-state index in [0.29, 0.717) is 24.5 Å². The van der Waals surface area contributed by atoms with Crippen LogP contribution in [0.15, 0.2) is 18.2 Å². The quantitative estimate of drug-likeness (QED) is 0.817. The lowest BCUT2D eigenvalue weighted by molar-refractivity contribution is -0.128. The van der Waals surface area contributed by atoms with E-state index in [0.717, 1.165) is 11.3 Å². The first-order chi connectivity index (χ1) is 8.91. The zero-order valence-corrected chi connectivity index (χ0v) is 12.4. The Morgan fingerprint density at radius 3 is 2.74 bits per heavy atom. The molecule has 1 aromatic carbocycles. The third-order valence-corrected chi connectivity index (χ3v) is 2.99. The van der Waals surface area contributed by atoms with E-state index in [2.05, 4.69) is 0 Å². The summed E-state index contributed by atoms with van der Waals surface area (Å²) in [5.74, 6) is 0.837. The fourth-order valence-corrected chi connectivity index (χ4v) is 1.82. The SMILES string of the molecule is C[C@H](N)c1cc(Cl)ccc1OCCCC(=O)N(C)C. The maximum Gasteiger partial charge on any atom is 0.222 e. The number of carbonyl (C=O) groups excluding carboxylic acids is 1. The van der Waals surface area contributed by atoms with Crippen LogP contribution in [-0.4, -0.2) is 31.5 Å². The summed E-state index contributed by atoms with van der Waals surface area (Å²) in [6.45, 7) is 2.37. The zero-order chi connectivity index (χ0) is 14.4. The molecule has 5 heteroatoms. The van der Waals surface area contributed by atoms with Crippen molar-refractivity contribution in [2.75, 3.05) is 20.7 Å². The smallest absolute Gasteiger partial charge is 0.222 e. The van der Waals surface area contributed by atoms with Crippen molar-refractivity contribution in [3.05, 3.63) is 28.8 Å². The van der Waals surface area contributed by atoms with E-state index in [-0.39, 0.29) is 11.9 Å². The fraction of sp³-hybridized carbons (Fsp3) is 0.500. The number of benzene rings is 1. The van der Waals surface area contributed by atoms with Gasteiger partial charge in [0.15, 0.2) is 0 Å². The first-order valence-corrected chi connectivity index (χ1v) is 6.67. The number of hydrogen-bond acceptors (Lipinski definition) is 3. The van der Waals surface area contributed by atoms with Gasteiger partial charge in [-0.3, -0.25) is 4.79 Å². The van der Waals surface area contributed by atoms with Crippen LogP contribution in [0.25, 0.3) is 0 Å². The van der Waals surface area contributed by atoms with E-state index in [4.69, 9.17) is 22.1 Å². The Bertz CT molecular complexity index is 433. The molecule has 0 saturated heterocycles. The van der Waals surface area contributed by atoms with Crippen LogP contribution in [0.4, 0.5) is 0 Å². The summed E-state index contributed by atoms with van der Waals surface area (Å²) in [5.41, 5.74) is 6.76. The van der Waals surface area contributed by atoms with E-state index in [1.54, 1.807) is 25.1 Å². The molecule has 0 aliphatic heterocycles. The summed E-state index contributed by atoms with van der Waals surface area (Å²) in [7, 11) is 3.49. The minimum absolute atomic E-state index is 0.104.